The molecule has 0 bridgehead atoms. The molecule has 2 amide bonds. The van der Waals surface area contributed by atoms with Crippen molar-refractivity contribution in [1.82, 2.24) is 20.4 Å². The van der Waals surface area contributed by atoms with Crippen LogP contribution in [0.5, 0.6) is 0 Å². The van der Waals surface area contributed by atoms with Crippen LogP contribution >= 0.6 is 49.6 Å². The average Bonchev–Trinajstić information content (AvgIpc) is 3.11. The molecular weight excluding hydrogens is 750 g/mol. The molecule has 0 aromatic rings. The van der Waals surface area contributed by atoms with Crippen molar-refractivity contribution in [2.75, 3.05) is 65.4 Å². The number of nitrogens with zero attached hydrogens (tertiary/aromatic N) is 2. The van der Waals surface area contributed by atoms with E-state index in [-0.39, 0.29) is 74.5 Å². The Balaban J connectivity index is -0.00000192. The molecule has 0 aliphatic heterocycles. The van der Waals surface area contributed by atoms with E-state index in [4.69, 9.17) is 11.5 Å². The monoisotopic (exact) mass is 839 g/mol. The third-order valence-electron chi connectivity index (χ3n) is 9.82. The minimum Gasteiger partial charge on any atom is -0.346 e. The number of rotatable bonds is 40. The lowest BCUT2D eigenvalue weighted by Gasteiger charge is -2.23. The Morgan fingerprint density at radius 3 is 1.13 bits per heavy atom. The van der Waals surface area contributed by atoms with Gasteiger partial charge in [0, 0.05) is 13.1 Å². The van der Waals surface area contributed by atoms with Crippen molar-refractivity contribution >= 4 is 61.4 Å². The molecule has 8 nitrogen and oxygen atoms in total. The molecule has 0 fully saturated rings. The molecule has 0 aromatic carbocycles. The van der Waals surface area contributed by atoms with E-state index in [1.165, 1.54) is 141 Å². The van der Waals surface area contributed by atoms with Crippen molar-refractivity contribution in [1.29, 1.82) is 0 Å². The summed E-state index contributed by atoms with van der Waals surface area (Å²) in [5.41, 5.74) is 11.4. The lowest BCUT2D eigenvalue weighted by molar-refractivity contribution is -0.132. The maximum Gasteiger partial charge on any atom is 0.241 e. The second kappa shape index (κ2) is 51.9. The zero-order chi connectivity index (χ0) is 35.9. The van der Waals surface area contributed by atoms with Crippen molar-refractivity contribution in [3.8, 4) is 0 Å². The first kappa shape index (κ1) is 62.1. The Morgan fingerprint density at radius 2 is 0.774 bits per heavy atom. The number of hydrogen-bond donors (Lipinski definition) is 4. The Labute approximate surface area is 354 Å². The summed E-state index contributed by atoms with van der Waals surface area (Å²) in [6.07, 6.45) is 34.6. The van der Waals surface area contributed by atoms with Gasteiger partial charge >= 0.3 is 0 Å². The predicted molar refractivity (Wildman–Crippen MR) is 242 cm³/mol. The molecule has 0 spiro atoms. The number of hydrogen-bond acceptors (Lipinski definition) is 6. The van der Waals surface area contributed by atoms with Gasteiger partial charge in [-0.3, -0.25) is 9.59 Å². The van der Waals surface area contributed by atoms with Crippen molar-refractivity contribution in [2.45, 2.75) is 187 Å². The molecule has 0 radical (unpaired) electrons. The van der Waals surface area contributed by atoms with E-state index in [1.54, 1.807) is 0 Å². The van der Waals surface area contributed by atoms with Crippen molar-refractivity contribution in [2.24, 2.45) is 11.5 Å². The normalized spacial score (nSPS) is 10.6. The standard InChI is InChI=1S/C41H86N6O2.4ClH/c1-3-5-7-9-11-13-15-17-19-21-23-25-36-47(37-26-24-22-20-18-16-14-12-10-8-6-4-2)41(49)39-45-40(48)38-44-32-29-35-46(33-27-30-42)34-28-31-43;;;;/h44H,3-39,42-43H2,1-2H3,(H,45,48);4*1H. The summed E-state index contributed by atoms with van der Waals surface area (Å²) in [5, 5.41) is 6.13. The summed E-state index contributed by atoms with van der Waals surface area (Å²) in [6, 6.07) is 0. The first-order chi connectivity index (χ1) is 24.1. The number of halogens is 4. The molecule has 6 N–H and O–H groups in total. The molecule has 0 saturated heterocycles. The van der Waals surface area contributed by atoms with Gasteiger partial charge in [-0.25, -0.2) is 0 Å². The molecule has 0 unspecified atom stereocenters. The van der Waals surface area contributed by atoms with Crippen molar-refractivity contribution < 1.29 is 9.59 Å². The van der Waals surface area contributed by atoms with Gasteiger partial charge in [0.05, 0.1) is 13.1 Å². The smallest absolute Gasteiger partial charge is 0.241 e. The van der Waals surface area contributed by atoms with E-state index in [0.717, 1.165) is 71.4 Å². The molecule has 0 aliphatic rings. The molecule has 0 atom stereocenters. The molecule has 53 heavy (non-hydrogen) atoms. The molecule has 324 valence electrons. The minimum absolute atomic E-state index is 0. The van der Waals surface area contributed by atoms with Crippen LogP contribution in [0.3, 0.4) is 0 Å². The van der Waals surface area contributed by atoms with Crippen LogP contribution in [0.25, 0.3) is 0 Å². The number of carbonyl (C=O) groups excluding carboxylic acids is 2. The van der Waals surface area contributed by atoms with Gasteiger partial charge in [-0.1, -0.05) is 155 Å². The molecule has 0 heterocycles. The van der Waals surface area contributed by atoms with Gasteiger partial charge in [-0.05, 0) is 71.4 Å². The van der Waals surface area contributed by atoms with Gasteiger partial charge in [0.2, 0.25) is 11.8 Å². The van der Waals surface area contributed by atoms with Gasteiger partial charge in [-0.2, -0.15) is 0 Å². The Kier molecular flexibility index (Phi) is 60.9. The molecule has 12 heteroatoms. The third-order valence-corrected chi connectivity index (χ3v) is 9.82. The largest absolute Gasteiger partial charge is 0.346 e. The second-order valence-electron chi connectivity index (χ2n) is 14.6. The van der Waals surface area contributed by atoms with Crippen molar-refractivity contribution in [3.05, 3.63) is 0 Å². The van der Waals surface area contributed by atoms with E-state index in [0.29, 0.717) is 13.1 Å². The number of unbranched alkanes of at least 4 members (excludes halogenated alkanes) is 22. The Morgan fingerprint density at radius 1 is 0.434 bits per heavy atom. The number of nitrogens with two attached hydrogens (primary N) is 2. The van der Waals surface area contributed by atoms with E-state index < -0.39 is 0 Å². The fraction of sp³-hybridized carbons (Fsp3) is 0.951. The average molecular weight is 841 g/mol. The first-order valence-electron chi connectivity index (χ1n) is 21.5. The van der Waals surface area contributed by atoms with E-state index in [9.17, 15) is 9.59 Å². The third kappa shape index (κ3) is 46.2. The second-order valence-corrected chi connectivity index (χ2v) is 14.6. The summed E-state index contributed by atoms with van der Waals surface area (Å²) in [4.78, 5) is 30.1. The van der Waals surface area contributed by atoms with Crippen LogP contribution in [0.1, 0.15) is 187 Å². The maximum atomic E-state index is 13.2. The SMILES string of the molecule is CCCCCCCCCCCCCCN(CCCCCCCCCCCCCC)C(=O)CNC(=O)CNCCCN(CCCN)CCCN.Cl.Cl.Cl.Cl. The lowest BCUT2D eigenvalue weighted by atomic mass is 10.0. The fourth-order valence-corrected chi connectivity index (χ4v) is 6.59. The van der Waals surface area contributed by atoms with Crippen LogP contribution in [-0.2, 0) is 9.59 Å². The summed E-state index contributed by atoms with van der Waals surface area (Å²) < 4.78 is 0. The summed E-state index contributed by atoms with van der Waals surface area (Å²) in [5.74, 6) is -0.0397. The summed E-state index contributed by atoms with van der Waals surface area (Å²) >= 11 is 0. The van der Waals surface area contributed by atoms with Gasteiger partial charge < -0.3 is 31.9 Å². The van der Waals surface area contributed by atoms with Crippen LogP contribution < -0.4 is 22.1 Å². The number of nitrogens with one attached hydrogen (secondary N) is 2. The summed E-state index contributed by atoms with van der Waals surface area (Å²) in [6.45, 7) is 11.7. The number of amides is 2. The molecule has 0 saturated carbocycles. The van der Waals surface area contributed by atoms with Gasteiger partial charge in [0.15, 0.2) is 0 Å². The highest BCUT2D eigenvalue weighted by Crippen LogP contribution is 2.14. The highest BCUT2D eigenvalue weighted by Gasteiger charge is 2.14. The quantitative estimate of drug-likeness (QED) is 0.0457. The molecule has 0 rings (SSSR count). The molecule has 0 aromatic heterocycles. The maximum absolute atomic E-state index is 13.2. The van der Waals surface area contributed by atoms with Crippen molar-refractivity contribution in [3.63, 3.8) is 0 Å². The van der Waals surface area contributed by atoms with Gasteiger partial charge in [0.25, 0.3) is 0 Å². The lowest BCUT2D eigenvalue weighted by Crippen LogP contribution is -2.43. The van der Waals surface area contributed by atoms with E-state index in [1.807, 2.05) is 4.90 Å². The zero-order valence-corrected chi connectivity index (χ0v) is 37.9. The topological polar surface area (TPSA) is 117 Å². The van der Waals surface area contributed by atoms with Crippen LogP contribution in [0.2, 0.25) is 0 Å². The number of carbonyl (C=O) groups is 2. The fourth-order valence-electron chi connectivity index (χ4n) is 6.59. The van der Waals surface area contributed by atoms with E-state index >= 15 is 0 Å². The summed E-state index contributed by atoms with van der Waals surface area (Å²) in [7, 11) is 0. The van der Waals surface area contributed by atoms with Gasteiger partial charge in [0.1, 0.15) is 0 Å². The van der Waals surface area contributed by atoms with Crippen LogP contribution in [0.15, 0.2) is 0 Å². The van der Waals surface area contributed by atoms with E-state index in [2.05, 4.69) is 29.4 Å². The zero-order valence-electron chi connectivity index (χ0n) is 34.7. The van der Waals surface area contributed by atoms with Gasteiger partial charge in [-0.15, -0.1) is 49.6 Å². The Bertz CT molecular complexity index is 679. The Hall–Kier alpha value is -0.0600. The predicted octanol–water partition coefficient (Wildman–Crippen LogP) is 10.00. The van der Waals surface area contributed by atoms with Crippen LogP contribution in [0, 0.1) is 0 Å². The first-order valence-corrected chi connectivity index (χ1v) is 21.5. The highest BCUT2D eigenvalue weighted by atomic mass is 35.5. The van der Waals surface area contributed by atoms with Crippen LogP contribution in [0.4, 0.5) is 0 Å². The molecular formula is C41H90Cl4N6O2. The minimum atomic E-state index is -0.104. The van der Waals surface area contributed by atoms with Crippen LogP contribution in [-0.4, -0.2) is 87.1 Å². The molecule has 0 aliphatic carbocycles. The highest BCUT2D eigenvalue weighted by molar-refractivity contribution is 5.86.